The van der Waals surface area contributed by atoms with Gasteiger partial charge in [0.05, 0.1) is 19.8 Å². The smallest absolute Gasteiger partial charge is 0.224 e. The van der Waals surface area contributed by atoms with Gasteiger partial charge in [-0.2, -0.15) is 0 Å². The van der Waals surface area contributed by atoms with Gasteiger partial charge in [0.2, 0.25) is 5.91 Å². The van der Waals surface area contributed by atoms with E-state index in [0.717, 1.165) is 54.8 Å². The van der Waals surface area contributed by atoms with Crippen LogP contribution in [0.15, 0.2) is 28.9 Å². The van der Waals surface area contributed by atoms with Crippen molar-refractivity contribution >= 4 is 29.3 Å². The Hall–Kier alpha value is -1.72. The predicted octanol–water partition coefficient (Wildman–Crippen LogP) is 2.91. The fourth-order valence-corrected chi connectivity index (χ4v) is 3.08. The van der Waals surface area contributed by atoms with Crippen molar-refractivity contribution in [2.24, 2.45) is 5.41 Å². The molecule has 1 aromatic carbocycles. The van der Waals surface area contributed by atoms with Crippen molar-refractivity contribution in [2.45, 2.75) is 26.2 Å². The van der Waals surface area contributed by atoms with E-state index >= 15 is 0 Å². The summed E-state index contributed by atoms with van der Waals surface area (Å²) in [6, 6.07) is 5.66. The van der Waals surface area contributed by atoms with Gasteiger partial charge in [0.15, 0.2) is 0 Å². The molecule has 0 saturated carbocycles. The fourth-order valence-electron chi connectivity index (χ4n) is 3.08. The number of nitrogens with one attached hydrogen (secondary N) is 2. The number of ether oxygens (including phenoxy) is 1. The maximum absolute atomic E-state index is 12.3. The molecule has 1 saturated heterocycles. The van der Waals surface area contributed by atoms with Crippen molar-refractivity contribution in [3.8, 4) is 5.75 Å². The zero-order valence-electron chi connectivity index (χ0n) is 14.2. The van der Waals surface area contributed by atoms with Crippen molar-refractivity contribution in [3.05, 3.63) is 30.0 Å². The summed E-state index contributed by atoms with van der Waals surface area (Å²) >= 11 is 0. The topological polar surface area (TPSA) is 63.5 Å². The average molecular weight is 353 g/mol. The third-order valence-electron chi connectivity index (χ3n) is 4.74. The summed E-state index contributed by atoms with van der Waals surface area (Å²) in [7, 11) is 1.62. The van der Waals surface area contributed by atoms with Gasteiger partial charge in [0.1, 0.15) is 11.3 Å². The Balaban J connectivity index is 0.00000208. The number of amides is 1. The Bertz CT molecular complexity index is 693. The van der Waals surface area contributed by atoms with Crippen LogP contribution in [-0.2, 0) is 11.2 Å². The van der Waals surface area contributed by atoms with Crippen LogP contribution in [0.3, 0.4) is 0 Å². The first-order valence-electron chi connectivity index (χ1n) is 8.11. The second kappa shape index (κ2) is 7.90. The molecule has 1 amide bonds. The van der Waals surface area contributed by atoms with Gasteiger partial charge in [-0.05, 0) is 43.5 Å². The number of benzene rings is 1. The minimum atomic E-state index is 0. The first-order valence-corrected chi connectivity index (χ1v) is 8.11. The van der Waals surface area contributed by atoms with E-state index in [1.807, 2.05) is 18.2 Å². The van der Waals surface area contributed by atoms with Gasteiger partial charge >= 0.3 is 0 Å². The molecule has 24 heavy (non-hydrogen) atoms. The molecule has 1 fully saturated rings. The number of rotatable bonds is 5. The molecule has 1 aromatic heterocycles. The first kappa shape index (κ1) is 18.6. The molecule has 1 aliphatic heterocycles. The summed E-state index contributed by atoms with van der Waals surface area (Å²) in [6.07, 6.45) is 4.20. The van der Waals surface area contributed by atoms with E-state index in [9.17, 15) is 4.79 Å². The highest BCUT2D eigenvalue weighted by atomic mass is 35.5. The molecule has 5 nitrogen and oxygen atoms in total. The molecule has 2 aromatic rings. The minimum Gasteiger partial charge on any atom is -0.497 e. The zero-order chi connectivity index (χ0) is 16.3. The molecular formula is C18H25ClN2O3. The highest BCUT2D eigenvalue weighted by Crippen LogP contribution is 2.27. The molecule has 6 heteroatoms. The summed E-state index contributed by atoms with van der Waals surface area (Å²) in [5.41, 5.74) is 1.86. The van der Waals surface area contributed by atoms with Gasteiger partial charge in [-0.3, -0.25) is 4.79 Å². The number of carbonyl (C=O) groups is 1. The van der Waals surface area contributed by atoms with Crippen LogP contribution in [0.25, 0.3) is 11.0 Å². The molecule has 0 spiro atoms. The summed E-state index contributed by atoms with van der Waals surface area (Å²) < 4.78 is 10.7. The lowest BCUT2D eigenvalue weighted by atomic mass is 9.81. The quantitative estimate of drug-likeness (QED) is 0.868. The second-order valence-electron chi connectivity index (χ2n) is 6.64. The van der Waals surface area contributed by atoms with Gasteiger partial charge in [0, 0.05) is 23.6 Å². The third kappa shape index (κ3) is 4.22. The van der Waals surface area contributed by atoms with E-state index in [4.69, 9.17) is 9.15 Å². The number of methoxy groups -OCH3 is 1. The van der Waals surface area contributed by atoms with Crippen LogP contribution in [0.1, 0.15) is 25.3 Å². The van der Waals surface area contributed by atoms with Gasteiger partial charge < -0.3 is 19.8 Å². The lowest BCUT2D eigenvalue weighted by Crippen LogP contribution is -2.43. The van der Waals surface area contributed by atoms with Crippen LogP contribution in [0.4, 0.5) is 0 Å². The summed E-state index contributed by atoms with van der Waals surface area (Å²) in [6.45, 7) is 5.03. The third-order valence-corrected chi connectivity index (χ3v) is 4.74. The van der Waals surface area contributed by atoms with E-state index in [1.54, 1.807) is 13.4 Å². The molecule has 132 valence electrons. The van der Waals surface area contributed by atoms with Crippen molar-refractivity contribution in [2.75, 3.05) is 26.7 Å². The number of carbonyl (C=O) groups excluding carboxylic acids is 1. The fraction of sp³-hybridized carbons (Fsp3) is 0.500. The van der Waals surface area contributed by atoms with E-state index in [-0.39, 0.29) is 23.7 Å². The van der Waals surface area contributed by atoms with Crippen LogP contribution in [0.5, 0.6) is 5.75 Å². The van der Waals surface area contributed by atoms with Crippen molar-refractivity contribution in [3.63, 3.8) is 0 Å². The minimum absolute atomic E-state index is 0. The molecule has 3 rings (SSSR count). The Labute approximate surface area is 148 Å². The predicted molar refractivity (Wildman–Crippen MR) is 96.9 cm³/mol. The monoisotopic (exact) mass is 352 g/mol. The molecule has 0 atom stereocenters. The first-order chi connectivity index (χ1) is 11.1. The van der Waals surface area contributed by atoms with Crippen LogP contribution in [0.2, 0.25) is 0 Å². The van der Waals surface area contributed by atoms with E-state index in [1.165, 1.54) is 0 Å². The summed E-state index contributed by atoms with van der Waals surface area (Å²) in [4.78, 5) is 12.3. The van der Waals surface area contributed by atoms with Crippen molar-refractivity contribution in [1.29, 1.82) is 0 Å². The average Bonchev–Trinajstić information content (AvgIpc) is 2.96. The number of fused-ring (bicyclic) bond motifs is 1. The lowest BCUT2D eigenvalue weighted by Gasteiger charge is -2.34. The Morgan fingerprint density at radius 1 is 1.38 bits per heavy atom. The Kier molecular flexibility index (Phi) is 6.13. The number of piperidine rings is 1. The molecule has 0 unspecified atom stereocenters. The summed E-state index contributed by atoms with van der Waals surface area (Å²) in [5.74, 6) is 0.796. The second-order valence-corrected chi connectivity index (χ2v) is 6.64. The number of furan rings is 1. The zero-order valence-corrected chi connectivity index (χ0v) is 15.0. The van der Waals surface area contributed by atoms with E-state index in [2.05, 4.69) is 17.6 Å². The molecule has 0 bridgehead atoms. The molecule has 1 aliphatic rings. The molecule has 2 N–H and O–H groups in total. The van der Waals surface area contributed by atoms with Gasteiger partial charge in [-0.15, -0.1) is 12.4 Å². The highest BCUT2D eigenvalue weighted by molar-refractivity contribution is 5.88. The maximum atomic E-state index is 12.3. The number of halogens is 1. The lowest BCUT2D eigenvalue weighted by molar-refractivity contribution is -0.121. The van der Waals surface area contributed by atoms with E-state index < -0.39 is 0 Å². The standard InChI is InChI=1S/C18H24N2O3.ClH/c1-18(5-7-19-8-6-18)12-20-17(21)9-13-11-23-16-10-14(22-2)3-4-15(13)16;/h3-4,10-11,19H,5-9,12H2,1-2H3,(H,20,21);1H. The number of hydrogen-bond acceptors (Lipinski definition) is 4. The number of hydrogen-bond donors (Lipinski definition) is 2. The van der Waals surface area contributed by atoms with Gasteiger partial charge in [-0.25, -0.2) is 0 Å². The normalized spacial score (nSPS) is 16.4. The van der Waals surface area contributed by atoms with Crippen LogP contribution in [0, 0.1) is 5.41 Å². The van der Waals surface area contributed by atoms with Crippen molar-refractivity contribution < 1.29 is 13.9 Å². The highest BCUT2D eigenvalue weighted by Gasteiger charge is 2.27. The SMILES string of the molecule is COc1ccc2c(CC(=O)NCC3(C)CCNCC3)coc2c1.Cl. The van der Waals surface area contributed by atoms with Gasteiger partial charge in [0.25, 0.3) is 0 Å². The van der Waals surface area contributed by atoms with Crippen molar-refractivity contribution in [1.82, 2.24) is 10.6 Å². The summed E-state index contributed by atoms with van der Waals surface area (Å²) in [5, 5.41) is 7.41. The van der Waals surface area contributed by atoms with Crippen LogP contribution in [-0.4, -0.2) is 32.7 Å². The molecule has 2 heterocycles. The van der Waals surface area contributed by atoms with E-state index in [0.29, 0.717) is 6.42 Å². The Morgan fingerprint density at radius 3 is 2.83 bits per heavy atom. The van der Waals surface area contributed by atoms with Gasteiger partial charge in [-0.1, -0.05) is 6.92 Å². The van der Waals surface area contributed by atoms with Crippen LogP contribution < -0.4 is 15.4 Å². The maximum Gasteiger partial charge on any atom is 0.224 e. The molecule has 0 aliphatic carbocycles. The van der Waals surface area contributed by atoms with Crippen LogP contribution >= 0.6 is 12.4 Å². The molecule has 0 radical (unpaired) electrons. The largest absolute Gasteiger partial charge is 0.497 e. The molecular weight excluding hydrogens is 328 g/mol. The Morgan fingerprint density at radius 2 is 2.12 bits per heavy atom.